The van der Waals surface area contributed by atoms with Gasteiger partial charge in [-0.15, -0.1) is 11.8 Å². The molecule has 2 aromatic heterocycles. The molecular formula is C30H30F2N4O3S. The molecule has 2 aromatic carbocycles. The van der Waals surface area contributed by atoms with Gasteiger partial charge in [0.15, 0.2) is 0 Å². The van der Waals surface area contributed by atoms with E-state index in [1.165, 1.54) is 35.1 Å². The molecule has 208 valence electrons. The molecule has 0 aliphatic carbocycles. The molecule has 1 atom stereocenters. The van der Waals surface area contributed by atoms with E-state index in [2.05, 4.69) is 5.32 Å². The van der Waals surface area contributed by atoms with Gasteiger partial charge >= 0.3 is 0 Å². The lowest BCUT2D eigenvalue weighted by molar-refractivity contribution is -0.123. The van der Waals surface area contributed by atoms with E-state index in [4.69, 9.17) is 9.52 Å². The van der Waals surface area contributed by atoms with Crippen molar-refractivity contribution in [1.82, 2.24) is 15.1 Å². The van der Waals surface area contributed by atoms with Gasteiger partial charge in [-0.1, -0.05) is 39.0 Å². The van der Waals surface area contributed by atoms with Gasteiger partial charge in [-0.3, -0.25) is 14.5 Å². The predicted octanol–water partition coefficient (Wildman–Crippen LogP) is 5.84. The molecule has 7 nitrogen and oxygen atoms in total. The molecule has 1 aliphatic rings. The van der Waals surface area contributed by atoms with Crippen molar-refractivity contribution in [3.05, 3.63) is 101 Å². The van der Waals surface area contributed by atoms with E-state index >= 15 is 4.39 Å². The molecule has 4 aromatic rings. The number of furan rings is 1. The molecule has 5 rings (SSSR count). The largest absolute Gasteiger partial charge is 0.467 e. The molecule has 1 aliphatic heterocycles. The molecule has 3 heterocycles. The van der Waals surface area contributed by atoms with Gasteiger partial charge in [-0.25, -0.2) is 13.5 Å². The Bertz CT molecular complexity index is 1560. The number of aromatic nitrogens is 2. The third-order valence-electron chi connectivity index (χ3n) is 6.63. The number of anilines is 1. The van der Waals surface area contributed by atoms with Crippen LogP contribution in [0.2, 0.25) is 0 Å². The maximum Gasteiger partial charge on any atom is 0.240 e. The highest BCUT2D eigenvalue weighted by Crippen LogP contribution is 2.49. The quantitative estimate of drug-likeness (QED) is 0.319. The maximum atomic E-state index is 15.3. The number of aryl methyl sites for hydroxylation is 1. The molecule has 0 fully saturated rings. The fraction of sp³-hybridized carbons (Fsp3) is 0.300. The van der Waals surface area contributed by atoms with Gasteiger partial charge in [0.25, 0.3) is 0 Å². The molecule has 40 heavy (non-hydrogen) atoms. The first kappa shape index (κ1) is 27.6. The minimum absolute atomic E-state index is 0.0149. The van der Waals surface area contributed by atoms with Crippen LogP contribution in [0, 0.1) is 18.6 Å². The van der Waals surface area contributed by atoms with Crippen LogP contribution in [0.4, 0.5) is 14.6 Å². The third-order valence-corrected chi connectivity index (χ3v) is 7.87. The van der Waals surface area contributed by atoms with E-state index in [0.29, 0.717) is 28.5 Å². The van der Waals surface area contributed by atoms with Crippen molar-refractivity contribution >= 4 is 29.4 Å². The molecule has 10 heteroatoms. The zero-order chi connectivity index (χ0) is 28.6. The number of rotatable bonds is 6. The molecule has 0 saturated carbocycles. The Morgan fingerprint density at radius 2 is 1.95 bits per heavy atom. The third kappa shape index (κ3) is 5.54. The molecule has 0 spiro atoms. The van der Waals surface area contributed by atoms with Crippen molar-refractivity contribution in [3.8, 4) is 5.69 Å². The first-order valence-corrected chi connectivity index (χ1v) is 13.9. The Labute approximate surface area is 235 Å². The Morgan fingerprint density at radius 1 is 1.15 bits per heavy atom. The molecule has 0 unspecified atom stereocenters. The maximum absolute atomic E-state index is 15.3. The fourth-order valence-electron chi connectivity index (χ4n) is 4.77. The van der Waals surface area contributed by atoms with Crippen LogP contribution in [0.5, 0.6) is 0 Å². The van der Waals surface area contributed by atoms with E-state index < -0.39 is 22.3 Å². The van der Waals surface area contributed by atoms with E-state index in [1.54, 1.807) is 16.8 Å². The van der Waals surface area contributed by atoms with Gasteiger partial charge in [0.05, 0.1) is 35.2 Å². The van der Waals surface area contributed by atoms with Crippen LogP contribution in [-0.2, 0) is 21.5 Å². The molecule has 1 N–H and O–H groups in total. The molecular weight excluding hydrogens is 534 g/mol. The van der Waals surface area contributed by atoms with Gasteiger partial charge < -0.3 is 9.73 Å². The lowest BCUT2D eigenvalue weighted by Crippen LogP contribution is -2.42. The number of amides is 2. The van der Waals surface area contributed by atoms with Gasteiger partial charge in [0.2, 0.25) is 11.8 Å². The highest BCUT2D eigenvalue weighted by Gasteiger charge is 2.40. The predicted molar refractivity (Wildman–Crippen MR) is 151 cm³/mol. The zero-order valence-corrected chi connectivity index (χ0v) is 23.5. The standard InChI is InChI=1S/C30H30F2N4O3S/c1-18-7-5-8-20(13-18)36-29-26(28(34-36)30(2,3)4)27(22-11-10-19(31)14-23(22)32)40-17-25(38)35(29)16-24(37)33-15-21-9-6-12-39-21/h5-14,27H,15-17H2,1-4H3,(H,33,37)/t27-/m1/s1. The average molecular weight is 565 g/mol. The minimum atomic E-state index is -0.705. The van der Waals surface area contributed by atoms with Crippen LogP contribution in [0.25, 0.3) is 5.69 Å². The Hall–Kier alpha value is -3.92. The van der Waals surface area contributed by atoms with Crippen molar-refractivity contribution in [2.45, 2.75) is 44.9 Å². The van der Waals surface area contributed by atoms with Crippen LogP contribution in [0.15, 0.2) is 65.3 Å². The highest BCUT2D eigenvalue weighted by atomic mass is 32.2. The Kier molecular flexibility index (Phi) is 7.55. The van der Waals surface area contributed by atoms with Crippen molar-refractivity contribution in [3.63, 3.8) is 0 Å². The van der Waals surface area contributed by atoms with Gasteiger partial charge in [0.1, 0.15) is 29.8 Å². The Balaban J connectivity index is 1.69. The van der Waals surface area contributed by atoms with Crippen molar-refractivity contribution in [2.75, 3.05) is 17.2 Å². The summed E-state index contributed by atoms with van der Waals surface area (Å²) in [4.78, 5) is 28.2. The fourth-order valence-corrected chi connectivity index (χ4v) is 5.99. The lowest BCUT2D eigenvalue weighted by atomic mass is 9.87. The first-order chi connectivity index (χ1) is 19.0. The van der Waals surface area contributed by atoms with Gasteiger partial charge in [0, 0.05) is 22.6 Å². The number of benzene rings is 2. The van der Waals surface area contributed by atoms with Crippen LogP contribution in [-0.4, -0.2) is 33.9 Å². The summed E-state index contributed by atoms with van der Waals surface area (Å²) in [6.07, 6.45) is 1.52. The second-order valence-electron chi connectivity index (χ2n) is 10.8. The van der Waals surface area contributed by atoms with Gasteiger partial charge in [-0.2, -0.15) is 5.10 Å². The first-order valence-electron chi connectivity index (χ1n) is 12.9. The summed E-state index contributed by atoms with van der Waals surface area (Å²) >= 11 is 1.24. The second kappa shape index (κ2) is 10.9. The van der Waals surface area contributed by atoms with Crippen molar-refractivity contribution in [2.24, 2.45) is 0 Å². The molecule has 0 bridgehead atoms. The summed E-state index contributed by atoms with van der Waals surface area (Å²) in [5.74, 6) is -1.13. The zero-order valence-electron chi connectivity index (χ0n) is 22.7. The second-order valence-corrected chi connectivity index (χ2v) is 11.9. The van der Waals surface area contributed by atoms with Crippen LogP contribution < -0.4 is 10.2 Å². The van der Waals surface area contributed by atoms with E-state index in [1.807, 2.05) is 52.0 Å². The smallest absolute Gasteiger partial charge is 0.240 e. The number of nitrogens with one attached hydrogen (secondary N) is 1. The van der Waals surface area contributed by atoms with Crippen LogP contribution in [0.3, 0.4) is 0 Å². The summed E-state index contributed by atoms with van der Waals surface area (Å²) in [7, 11) is 0. The number of halogens is 2. The number of hydrogen-bond donors (Lipinski definition) is 1. The topological polar surface area (TPSA) is 80.4 Å². The minimum Gasteiger partial charge on any atom is -0.467 e. The SMILES string of the molecule is Cc1cccc(-n2nc(C(C)(C)C)c3c2N(CC(=O)NCc2ccco2)C(=O)CS[C@@H]3c2ccc(F)cc2F)c1. The van der Waals surface area contributed by atoms with Crippen molar-refractivity contribution < 1.29 is 22.8 Å². The summed E-state index contributed by atoms with van der Waals surface area (Å²) < 4.78 is 36.1. The lowest BCUT2D eigenvalue weighted by Gasteiger charge is -2.24. The van der Waals surface area contributed by atoms with Gasteiger partial charge in [-0.05, 0) is 42.8 Å². The summed E-state index contributed by atoms with van der Waals surface area (Å²) in [6, 6.07) is 14.6. The number of thioether (sulfide) groups is 1. The molecule has 0 saturated heterocycles. The molecule has 0 radical (unpaired) electrons. The van der Waals surface area contributed by atoms with E-state index in [-0.39, 0.29) is 36.2 Å². The van der Waals surface area contributed by atoms with Crippen LogP contribution in [0.1, 0.15) is 54.2 Å². The number of hydrogen-bond acceptors (Lipinski definition) is 5. The highest BCUT2D eigenvalue weighted by molar-refractivity contribution is 8.00. The number of fused-ring (bicyclic) bond motifs is 1. The summed E-state index contributed by atoms with van der Waals surface area (Å²) in [5, 5.41) is 7.12. The van der Waals surface area contributed by atoms with Crippen LogP contribution >= 0.6 is 11.8 Å². The molecule has 2 amide bonds. The summed E-state index contributed by atoms with van der Waals surface area (Å²) in [6.45, 7) is 7.83. The van der Waals surface area contributed by atoms with Crippen molar-refractivity contribution in [1.29, 1.82) is 0 Å². The van der Waals surface area contributed by atoms with E-state index in [9.17, 15) is 14.0 Å². The normalized spacial score (nSPS) is 15.6. The number of carbonyl (C=O) groups is 2. The monoisotopic (exact) mass is 564 g/mol. The Morgan fingerprint density at radius 3 is 2.62 bits per heavy atom. The average Bonchev–Trinajstić information content (AvgIpc) is 3.53. The number of carbonyl (C=O) groups excluding carboxylic acids is 2. The van der Waals surface area contributed by atoms with E-state index in [0.717, 1.165) is 11.6 Å². The number of nitrogens with zero attached hydrogens (tertiary/aromatic N) is 3. The summed E-state index contributed by atoms with van der Waals surface area (Å²) in [5.41, 5.74) is 2.70.